The molecule has 1 fully saturated rings. The topological polar surface area (TPSA) is 38.0 Å². The van der Waals surface area contributed by atoms with Crippen LogP contribution >= 0.6 is 12.6 Å². The third-order valence-electron chi connectivity index (χ3n) is 1.85. The summed E-state index contributed by atoms with van der Waals surface area (Å²) in [4.78, 5) is 0. The number of hydrogen-bond donors (Lipinski definition) is 3. The van der Waals surface area contributed by atoms with Crippen LogP contribution in [0.5, 0.6) is 0 Å². The van der Waals surface area contributed by atoms with Crippen LogP contribution in [0.25, 0.3) is 0 Å². The average Bonchev–Trinajstić information content (AvgIpc) is 2.40. The van der Waals surface area contributed by atoms with Gasteiger partial charge in [-0.25, -0.2) is 0 Å². The van der Waals surface area contributed by atoms with Crippen molar-refractivity contribution in [2.45, 2.75) is 12.8 Å². The van der Waals surface area contributed by atoms with Gasteiger partial charge >= 0.3 is 0 Å². The van der Waals surface area contributed by atoms with Crippen LogP contribution in [0.4, 0.5) is 0 Å². The molecule has 0 bridgehead atoms. The van der Waals surface area contributed by atoms with Gasteiger partial charge in [0.25, 0.3) is 0 Å². The Morgan fingerprint density at radius 1 is 1.80 bits per heavy atom. The highest BCUT2D eigenvalue weighted by molar-refractivity contribution is 7.83. The van der Waals surface area contributed by atoms with E-state index in [1.54, 1.807) is 5.41 Å². The summed E-state index contributed by atoms with van der Waals surface area (Å²) in [6.07, 6.45) is 2.25. The summed E-state index contributed by atoms with van der Waals surface area (Å²) in [5.74, 6) is 0.739. The molecule has 2 nitrogen and oxygen atoms in total. The van der Waals surface area contributed by atoms with Gasteiger partial charge in [0.15, 0.2) is 0 Å². The number of rotatable bonds is 2. The second-order valence-corrected chi connectivity index (χ2v) is 3.03. The van der Waals surface area contributed by atoms with E-state index in [2.05, 4.69) is 17.9 Å². The molecule has 1 atom stereocenters. The van der Waals surface area contributed by atoms with E-state index in [9.17, 15) is 0 Å². The maximum absolute atomic E-state index is 5.61. The van der Waals surface area contributed by atoms with Crippen molar-refractivity contribution in [1.29, 1.82) is 0 Å². The molecule has 0 amide bonds. The molecule has 58 valence electrons. The van der Waals surface area contributed by atoms with Gasteiger partial charge in [0.2, 0.25) is 0 Å². The van der Waals surface area contributed by atoms with E-state index >= 15 is 0 Å². The first-order valence-electron chi connectivity index (χ1n) is 3.62. The summed E-state index contributed by atoms with van der Waals surface area (Å²) in [5.41, 5.74) is 6.51. The molecule has 1 saturated heterocycles. The Morgan fingerprint density at radius 2 is 2.60 bits per heavy atom. The van der Waals surface area contributed by atoms with Crippen LogP contribution in [-0.4, -0.2) is 13.1 Å². The van der Waals surface area contributed by atoms with Gasteiger partial charge in [0.1, 0.15) is 0 Å². The number of nitrogens with two attached hydrogens (primary N) is 1. The van der Waals surface area contributed by atoms with Crippen molar-refractivity contribution in [3.05, 3.63) is 11.1 Å². The molecule has 0 radical (unpaired) electrons. The summed E-state index contributed by atoms with van der Waals surface area (Å²) in [6.45, 7) is 2.26. The van der Waals surface area contributed by atoms with Crippen LogP contribution < -0.4 is 11.1 Å². The van der Waals surface area contributed by atoms with E-state index in [1.165, 1.54) is 6.42 Å². The molecular formula is C7H14N2S. The maximum atomic E-state index is 5.61. The van der Waals surface area contributed by atoms with E-state index in [1.807, 2.05) is 0 Å². The molecule has 1 aliphatic rings. The molecule has 3 N–H and O–H groups in total. The molecule has 1 unspecified atom stereocenters. The normalized spacial score (nSPS) is 27.3. The maximum Gasteiger partial charge on any atom is 0.0145 e. The zero-order chi connectivity index (χ0) is 7.40. The Kier molecular flexibility index (Phi) is 3.09. The molecule has 1 aliphatic heterocycles. The Bertz CT molecular complexity index is 128. The Hall–Kier alpha value is -0.150. The molecule has 0 saturated carbocycles. The highest BCUT2D eigenvalue weighted by Gasteiger charge is 2.14. The molecule has 0 aromatic carbocycles. The van der Waals surface area contributed by atoms with Crippen LogP contribution in [0, 0.1) is 5.92 Å². The van der Waals surface area contributed by atoms with Crippen molar-refractivity contribution in [3.8, 4) is 0 Å². The van der Waals surface area contributed by atoms with Gasteiger partial charge in [-0.1, -0.05) is 0 Å². The molecule has 0 aliphatic carbocycles. The third kappa shape index (κ3) is 2.23. The lowest BCUT2D eigenvalue weighted by atomic mass is 10.0. The minimum absolute atomic E-state index is 0.739. The number of nitrogens with one attached hydrogen (secondary N) is 1. The predicted molar refractivity (Wildman–Crippen MR) is 46.9 cm³/mol. The molecule has 10 heavy (non-hydrogen) atoms. The summed E-state index contributed by atoms with van der Waals surface area (Å²) in [7, 11) is 0. The second-order valence-electron chi connectivity index (χ2n) is 2.77. The summed E-state index contributed by atoms with van der Waals surface area (Å²) < 4.78 is 0. The van der Waals surface area contributed by atoms with Crippen LogP contribution in [0.1, 0.15) is 12.8 Å². The monoisotopic (exact) mass is 158 g/mol. The predicted octanol–water partition coefficient (Wildman–Crippen LogP) is 0.716. The zero-order valence-corrected chi connectivity index (χ0v) is 6.90. The Labute approximate surface area is 67.3 Å². The van der Waals surface area contributed by atoms with Crippen molar-refractivity contribution >= 4 is 12.6 Å². The average molecular weight is 158 g/mol. The lowest BCUT2D eigenvalue weighted by molar-refractivity contribution is 0.574. The first-order valence-corrected chi connectivity index (χ1v) is 4.14. The van der Waals surface area contributed by atoms with E-state index < -0.39 is 0 Å². The first-order chi connectivity index (χ1) is 4.83. The van der Waals surface area contributed by atoms with Crippen LogP contribution in [0.15, 0.2) is 11.1 Å². The highest BCUT2D eigenvalue weighted by atomic mass is 32.1. The minimum atomic E-state index is 0.739. The summed E-state index contributed by atoms with van der Waals surface area (Å²) in [6, 6.07) is 0. The van der Waals surface area contributed by atoms with E-state index in [4.69, 9.17) is 5.73 Å². The van der Waals surface area contributed by atoms with Gasteiger partial charge in [-0.2, -0.15) is 0 Å². The smallest absolute Gasteiger partial charge is 0.0145 e. The zero-order valence-electron chi connectivity index (χ0n) is 6.01. The van der Waals surface area contributed by atoms with E-state index in [0.29, 0.717) is 0 Å². The Balaban J connectivity index is 2.24. The van der Waals surface area contributed by atoms with Gasteiger partial charge in [-0.05, 0) is 37.3 Å². The standard InChI is InChI=1S/C7H14N2S/c8-7(5-10)3-6-1-2-9-4-6/h5-6,9-10H,1-4,8H2/b7-5-. The lowest BCUT2D eigenvalue weighted by Gasteiger charge is -2.06. The number of hydrogen-bond acceptors (Lipinski definition) is 3. The summed E-state index contributed by atoms with van der Waals surface area (Å²) in [5, 5.41) is 4.99. The molecule has 0 spiro atoms. The molecule has 3 heteroatoms. The molecule has 0 aromatic rings. The first kappa shape index (κ1) is 7.95. The molecule has 1 rings (SSSR count). The summed E-state index contributed by atoms with van der Waals surface area (Å²) >= 11 is 3.98. The fourth-order valence-corrected chi connectivity index (χ4v) is 1.38. The molecule has 0 aromatic heterocycles. The minimum Gasteiger partial charge on any atom is -0.402 e. The van der Waals surface area contributed by atoms with E-state index in [-0.39, 0.29) is 0 Å². The number of allylic oxidation sites excluding steroid dienone is 1. The molecular weight excluding hydrogens is 144 g/mol. The van der Waals surface area contributed by atoms with Gasteiger partial charge in [0.05, 0.1) is 0 Å². The Morgan fingerprint density at radius 3 is 3.10 bits per heavy atom. The van der Waals surface area contributed by atoms with Crippen molar-refractivity contribution in [2.75, 3.05) is 13.1 Å². The second kappa shape index (κ2) is 3.88. The fourth-order valence-electron chi connectivity index (χ4n) is 1.27. The van der Waals surface area contributed by atoms with Gasteiger partial charge in [-0.15, -0.1) is 12.6 Å². The van der Waals surface area contributed by atoms with Gasteiger partial charge < -0.3 is 11.1 Å². The van der Waals surface area contributed by atoms with Gasteiger partial charge in [-0.3, -0.25) is 0 Å². The van der Waals surface area contributed by atoms with Crippen molar-refractivity contribution < 1.29 is 0 Å². The van der Waals surface area contributed by atoms with Gasteiger partial charge in [0, 0.05) is 5.70 Å². The molecule has 1 heterocycles. The van der Waals surface area contributed by atoms with Crippen LogP contribution in [-0.2, 0) is 0 Å². The quantitative estimate of drug-likeness (QED) is 0.518. The van der Waals surface area contributed by atoms with Crippen LogP contribution in [0.3, 0.4) is 0 Å². The van der Waals surface area contributed by atoms with Crippen molar-refractivity contribution in [2.24, 2.45) is 11.7 Å². The lowest BCUT2D eigenvalue weighted by Crippen LogP contribution is -2.11. The fraction of sp³-hybridized carbons (Fsp3) is 0.714. The van der Waals surface area contributed by atoms with Crippen molar-refractivity contribution in [1.82, 2.24) is 5.32 Å². The number of thiol groups is 1. The van der Waals surface area contributed by atoms with Crippen molar-refractivity contribution in [3.63, 3.8) is 0 Å². The SMILES string of the molecule is N/C(=C\S)CC1CCNC1. The largest absolute Gasteiger partial charge is 0.402 e. The highest BCUT2D eigenvalue weighted by Crippen LogP contribution is 2.15. The van der Waals surface area contributed by atoms with Crippen LogP contribution in [0.2, 0.25) is 0 Å². The third-order valence-corrected chi connectivity index (χ3v) is 2.18. The van der Waals surface area contributed by atoms with E-state index in [0.717, 1.165) is 31.1 Å².